The maximum absolute atomic E-state index is 12.8. The lowest BCUT2D eigenvalue weighted by atomic mass is 10.1. The Balaban J connectivity index is 1.88. The minimum Gasteiger partial charge on any atom is -0.497 e. The fourth-order valence-electron chi connectivity index (χ4n) is 2.75. The zero-order valence-corrected chi connectivity index (χ0v) is 18.3. The van der Waals surface area contributed by atoms with Gasteiger partial charge in [-0.3, -0.25) is 4.79 Å². The Kier molecular flexibility index (Phi) is 6.52. The smallest absolute Gasteiger partial charge is 0.256 e. The van der Waals surface area contributed by atoms with Crippen LogP contribution in [0, 0.1) is 0 Å². The van der Waals surface area contributed by atoms with Gasteiger partial charge in [0.05, 0.1) is 19.9 Å². The Labute approximate surface area is 180 Å². The van der Waals surface area contributed by atoms with Crippen LogP contribution in [0.1, 0.15) is 10.4 Å². The average Bonchev–Trinajstić information content (AvgIpc) is 2.78. The van der Waals surface area contributed by atoms with Crippen LogP contribution in [-0.2, 0) is 10.0 Å². The van der Waals surface area contributed by atoms with Crippen molar-refractivity contribution in [2.75, 3.05) is 33.6 Å². The monoisotopic (exact) mass is 442 g/mol. The number of carbonyl (C=O) groups is 1. The first-order chi connectivity index (χ1) is 14.8. The largest absolute Gasteiger partial charge is 0.497 e. The summed E-state index contributed by atoms with van der Waals surface area (Å²) in [5, 5.41) is 2.67. The van der Waals surface area contributed by atoms with Crippen molar-refractivity contribution in [3.8, 4) is 22.8 Å². The summed E-state index contributed by atoms with van der Waals surface area (Å²) in [6.07, 6.45) is 1.34. The quantitative estimate of drug-likeness (QED) is 0.599. The van der Waals surface area contributed by atoms with Crippen molar-refractivity contribution in [3.63, 3.8) is 0 Å². The lowest BCUT2D eigenvalue weighted by Gasteiger charge is -2.15. The third kappa shape index (κ3) is 4.81. The third-order valence-corrected chi connectivity index (χ3v) is 6.32. The molecule has 9 nitrogen and oxygen atoms in total. The number of hydrogen-bond donors (Lipinski definition) is 1. The van der Waals surface area contributed by atoms with E-state index < -0.39 is 15.9 Å². The molecule has 1 amide bonds. The van der Waals surface area contributed by atoms with Crippen LogP contribution in [0.25, 0.3) is 11.3 Å². The number of methoxy groups -OCH3 is 2. The van der Waals surface area contributed by atoms with Gasteiger partial charge in [-0.2, -0.15) is 0 Å². The normalized spacial score (nSPS) is 11.3. The van der Waals surface area contributed by atoms with Crippen LogP contribution in [0.15, 0.2) is 59.8 Å². The van der Waals surface area contributed by atoms with Crippen LogP contribution in [0.4, 0.5) is 5.82 Å². The van der Waals surface area contributed by atoms with E-state index in [1.165, 1.54) is 45.7 Å². The number of nitrogens with zero attached hydrogens (tertiary/aromatic N) is 3. The number of rotatable bonds is 7. The zero-order valence-electron chi connectivity index (χ0n) is 17.5. The molecule has 0 spiro atoms. The number of sulfonamides is 1. The first-order valence-electron chi connectivity index (χ1n) is 9.14. The fourth-order valence-corrected chi connectivity index (χ4v) is 3.82. The van der Waals surface area contributed by atoms with Crippen LogP contribution < -0.4 is 14.8 Å². The average molecular weight is 442 g/mol. The predicted molar refractivity (Wildman–Crippen MR) is 116 cm³/mol. The van der Waals surface area contributed by atoms with Gasteiger partial charge >= 0.3 is 0 Å². The van der Waals surface area contributed by atoms with Gasteiger partial charge in [0.2, 0.25) is 10.0 Å². The van der Waals surface area contributed by atoms with Gasteiger partial charge in [0.25, 0.3) is 5.91 Å². The Bertz CT molecular complexity index is 1190. The van der Waals surface area contributed by atoms with Crippen molar-refractivity contribution >= 4 is 21.7 Å². The highest BCUT2D eigenvalue weighted by atomic mass is 32.2. The molecule has 162 valence electrons. The van der Waals surface area contributed by atoms with E-state index in [4.69, 9.17) is 9.47 Å². The van der Waals surface area contributed by atoms with Crippen LogP contribution in [0.3, 0.4) is 0 Å². The summed E-state index contributed by atoms with van der Waals surface area (Å²) in [4.78, 5) is 21.0. The second kappa shape index (κ2) is 9.11. The molecule has 1 aromatic heterocycles. The lowest BCUT2D eigenvalue weighted by Crippen LogP contribution is -2.23. The van der Waals surface area contributed by atoms with Gasteiger partial charge in [-0.1, -0.05) is 0 Å². The van der Waals surface area contributed by atoms with Gasteiger partial charge < -0.3 is 14.8 Å². The van der Waals surface area contributed by atoms with E-state index >= 15 is 0 Å². The van der Waals surface area contributed by atoms with Crippen LogP contribution in [0.5, 0.6) is 11.5 Å². The molecule has 0 saturated heterocycles. The molecule has 0 aliphatic rings. The van der Waals surface area contributed by atoms with Crippen molar-refractivity contribution in [2.24, 2.45) is 0 Å². The molecule has 3 rings (SSSR count). The molecule has 0 radical (unpaired) electrons. The van der Waals surface area contributed by atoms with E-state index in [0.29, 0.717) is 11.4 Å². The van der Waals surface area contributed by atoms with Crippen molar-refractivity contribution < 1.29 is 22.7 Å². The van der Waals surface area contributed by atoms with Crippen LogP contribution in [-0.4, -0.2) is 56.9 Å². The number of nitrogens with one attached hydrogen (secondary N) is 1. The molecule has 0 bridgehead atoms. The summed E-state index contributed by atoms with van der Waals surface area (Å²) in [7, 11) is 1.96. The molecule has 1 heterocycles. The number of hydrogen-bond acceptors (Lipinski definition) is 7. The summed E-state index contributed by atoms with van der Waals surface area (Å²) < 4.78 is 36.5. The maximum Gasteiger partial charge on any atom is 0.256 e. The van der Waals surface area contributed by atoms with Crippen molar-refractivity contribution in [1.29, 1.82) is 0 Å². The summed E-state index contributed by atoms with van der Waals surface area (Å²) >= 11 is 0. The highest BCUT2D eigenvalue weighted by Gasteiger charge is 2.24. The number of aromatic nitrogens is 2. The summed E-state index contributed by atoms with van der Waals surface area (Å²) in [5.74, 6) is 0.624. The van der Waals surface area contributed by atoms with Crippen LogP contribution in [0.2, 0.25) is 0 Å². The number of benzene rings is 2. The molecule has 0 aliphatic heterocycles. The standard InChI is InChI=1S/C21H22N4O5S/c1-25(2)31(27,28)19-11-15(7-10-18(19)30-4)21(26)24-20-12-17(22-13-23-20)14-5-8-16(29-3)9-6-14/h5-13H,1-4H3,(H,22,23,24,26). The maximum atomic E-state index is 12.8. The van der Waals surface area contributed by atoms with Crippen molar-refractivity contribution in [2.45, 2.75) is 4.90 Å². The Morgan fingerprint density at radius 2 is 1.68 bits per heavy atom. The van der Waals surface area contributed by atoms with E-state index in [0.717, 1.165) is 9.87 Å². The van der Waals surface area contributed by atoms with Crippen LogP contribution >= 0.6 is 0 Å². The van der Waals surface area contributed by atoms with E-state index in [-0.39, 0.29) is 22.0 Å². The van der Waals surface area contributed by atoms with Gasteiger partial charge in [-0.25, -0.2) is 22.7 Å². The van der Waals surface area contributed by atoms with Crippen molar-refractivity contribution in [1.82, 2.24) is 14.3 Å². The molecule has 2 aromatic carbocycles. The molecule has 1 N–H and O–H groups in total. The van der Waals surface area contributed by atoms with Gasteiger partial charge in [0.1, 0.15) is 28.5 Å². The number of ether oxygens (including phenoxy) is 2. The van der Waals surface area contributed by atoms with E-state index in [1.807, 2.05) is 12.1 Å². The minimum absolute atomic E-state index is 0.103. The predicted octanol–water partition coefficient (Wildman–Crippen LogP) is 2.66. The fraction of sp³-hybridized carbons (Fsp3) is 0.190. The number of carbonyl (C=O) groups excluding carboxylic acids is 1. The highest BCUT2D eigenvalue weighted by molar-refractivity contribution is 7.89. The molecule has 3 aromatic rings. The molecule has 0 saturated carbocycles. The van der Waals surface area contributed by atoms with Crippen molar-refractivity contribution in [3.05, 3.63) is 60.4 Å². The SMILES string of the molecule is COc1ccc(-c2cc(NC(=O)c3ccc(OC)c(S(=O)(=O)N(C)C)c3)ncn2)cc1. The molecule has 0 aliphatic carbocycles. The zero-order chi connectivity index (χ0) is 22.6. The lowest BCUT2D eigenvalue weighted by molar-refractivity contribution is 0.102. The molecule has 0 fully saturated rings. The third-order valence-electron chi connectivity index (χ3n) is 4.48. The Hall–Kier alpha value is -3.50. The molecular formula is C21H22N4O5S. The molecule has 10 heteroatoms. The van der Waals surface area contributed by atoms with E-state index in [1.54, 1.807) is 25.3 Å². The Morgan fingerprint density at radius 1 is 0.968 bits per heavy atom. The van der Waals surface area contributed by atoms with E-state index in [2.05, 4.69) is 15.3 Å². The molecular weight excluding hydrogens is 420 g/mol. The molecule has 31 heavy (non-hydrogen) atoms. The van der Waals surface area contributed by atoms with Gasteiger partial charge in [0, 0.05) is 31.3 Å². The highest BCUT2D eigenvalue weighted by Crippen LogP contribution is 2.27. The first kappa shape index (κ1) is 22.2. The topological polar surface area (TPSA) is 111 Å². The Morgan fingerprint density at radius 3 is 2.29 bits per heavy atom. The molecule has 0 unspecified atom stereocenters. The summed E-state index contributed by atoms with van der Waals surface area (Å²) in [6.45, 7) is 0. The van der Waals surface area contributed by atoms with E-state index in [9.17, 15) is 13.2 Å². The number of amides is 1. The second-order valence-corrected chi connectivity index (χ2v) is 8.74. The van der Waals surface area contributed by atoms with Gasteiger partial charge in [-0.05, 0) is 42.5 Å². The minimum atomic E-state index is -3.80. The first-order valence-corrected chi connectivity index (χ1v) is 10.6. The van der Waals surface area contributed by atoms with Gasteiger partial charge in [0.15, 0.2) is 0 Å². The molecule has 0 atom stereocenters. The summed E-state index contributed by atoms with van der Waals surface area (Å²) in [6, 6.07) is 13.1. The second-order valence-electron chi connectivity index (χ2n) is 6.62. The van der Waals surface area contributed by atoms with Gasteiger partial charge in [-0.15, -0.1) is 0 Å². The summed E-state index contributed by atoms with van der Waals surface area (Å²) in [5.41, 5.74) is 1.58. The number of anilines is 1.